The molecule has 0 unspecified atom stereocenters. The van der Waals surface area contributed by atoms with E-state index < -0.39 is 0 Å². The minimum atomic E-state index is -0.133. The first-order chi connectivity index (χ1) is 10.2. The molecule has 0 atom stereocenters. The lowest BCUT2D eigenvalue weighted by Crippen LogP contribution is -2.16. The van der Waals surface area contributed by atoms with Crippen LogP contribution in [0.4, 0.5) is 5.69 Å². The summed E-state index contributed by atoms with van der Waals surface area (Å²) in [7, 11) is 0. The molecule has 1 aromatic carbocycles. The molecule has 4 nitrogen and oxygen atoms in total. The molecule has 1 amide bonds. The van der Waals surface area contributed by atoms with Gasteiger partial charge in [-0.15, -0.1) is 0 Å². The van der Waals surface area contributed by atoms with E-state index in [1.807, 2.05) is 36.4 Å². The second kappa shape index (κ2) is 5.40. The highest BCUT2D eigenvalue weighted by Gasteiger charge is 2.13. The minimum Gasteiger partial charge on any atom is -0.320 e. The van der Waals surface area contributed by atoms with E-state index in [0.29, 0.717) is 11.6 Å². The molecular weight excluding hydrogens is 262 g/mol. The molecule has 3 rings (SSSR count). The maximum atomic E-state index is 12.5. The topological polar surface area (TPSA) is 46.4 Å². The van der Waals surface area contributed by atoms with Gasteiger partial charge in [0.25, 0.3) is 5.91 Å². The van der Waals surface area contributed by atoms with Gasteiger partial charge in [-0.05, 0) is 29.7 Å². The van der Waals surface area contributed by atoms with Gasteiger partial charge >= 0.3 is 0 Å². The largest absolute Gasteiger partial charge is 0.320 e. The first kappa shape index (κ1) is 13.4. The predicted molar refractivity (Wildman–Crippen MR) is 83.7 cm³/mol. The lowest BCUT2D eigenvalue weighted by Gasteiger charge is -2.14. The van der Waals surface area contributed by atoms with Crippen LogP contribution in [0, 0.1) is 0 Å². The Bertz CT molecular complexity index is 789. The Labute approximate surface area is 123 Å². The standard InChI is InChI=1S/C17H17N3O/c1-12(2)13-6-3-4-7-14(13)19-17(21)15-8-5-9-16-18-10-11-20(15)16/h3-12H,1-2H3,(H,19,21). The van der Waals surface area contributed by atoms with Gasteiger partial charge in [0, 0.05) is 18.1 Å². The van der Waals surface area contributed by atoms with Crippen LogP contribution in [0.25, 0.3) is 5.65 Å². The number of hydrogen-bond acceptors (Lipinski definition) is 2. The molecular formula is C17H17N3O. The number of fused-ring (bicyclic) bond motifs is 1. The molecule has 106 valence electrons. The summed E-state index contributed by atoms with van der Waals surface area (Å²) in [6.45, 7) is 4.23. The number of carbonyl (C=O) groups is 1. The first-order valence-corrected chi connectivity index (χ1v) is 6.99. The van der Waals surface area contributed by atoms with Crippen LogP contribution < -0.4 is 5.32 Å². The van der Waals surface area contributed by atoms with E-state index in [9.17, 15) is 4.79 Å². The van der Waals surface area contributed by atoms with E-state index in [1.165, 1.54) is 0 Å². The molecule has 0 saturated carbocycles. The van der Waals surface area contributed by atoms with Crippen molar-refractivity contribution in [1.82, 2.24) is 9.38 Å². The number of imidazole rings is 1. The number of anilines is 1. The Morgan fingerprint density at radius 3 is 2.76 bits per heavy atom. The first-order valence-electron chi connectivity index (χ1n) is 6.99. The molecule has 0 fully saturated rings. The van der Waals surface area contributed by atoms with Gasteiger partial charge < -0.3 is 5.32 Å². The Morgan fingerprint density at radius 2 is 1.95 bits per heavy atom. The normalized spacial score (nSPS) is 11.0. The molecule has 2 heterocycles. The number of nitrogens with zero attached hydrogens (tertiary/aromatic N) is 2. The molecule has 0 radical (unpaired) electrons. The zero-order chi connectivity index (χ0) is 14.8. The van der Waals surface area contributed by atoms with Crippen LogP contribution >= 0.6 is 0 Å². The van der Waals surface area contributed by atoms with Crippen molar-refractivity contribution >= 4 is 17.2 Å². The smallest absolute Gasteiger partial charge is 0.272 e. The summed E-state index contributed by atoms with van der Waals surface area (Å²) in [4.78, 5) is 16.7. The highest BCUT2D eigenvalue weighted by atomic mass is 16.1. The Kier molecular flexibility index (Phi) is 3.44. The number of pyridine rings is 1. The van der Waals surface area contributed by atoms with Gasteiger partial charge in [-0.2, -0.15) is 0 Å². The van der Waals surface area contributed by atoms with E-state index in [4.69, 9.17) is 0 Å². The quantitative estimate of drug-likeness (QED) is 0.794. The van der Waals surface area contributed by atoms with Gasteiger partial charge in [-0.3, -0.25) is 9.20 Å². The van der Waals surface area contributed by atoms with E-state index >= 15 is 0 Å². The highest BCUT2D eigenvalue weighted by Crippen LogP contribution is 2.24. The van der Waals surface area contributed by atoms with Crippen LogP contribution in [-0.4, -0.2) is 15.3 Å². The van der Waals surface area contributed by atoms with Gasteiger partial charge in [-0.25, -0.2) is 4.98 Å². The van der Waals surface area contributed by atoms with Gasteiger partial charge in [0.2, 0.25) is 0 Å². The van der Waals surface area contributed by atoms with Crippen molar-refractivity contribution in [2.24, 2.45) is 0 Å². The third-order valence-corrected chi connectivity index (χ3v) is 3.49. The molecule has 4 heteroatoms. The number of rotatable bonds is 3. The minimum absolute atomic E-state index is 0.133. The Balaban J connectivity index is 1.96. The second-order valence-corrected chi connectivity index (χ2v) is 5.26. The summed E-state index contributed by atoms with van der Waals surface area (Å²) in [5.74, 6) is 0.220. The van der Waals surface area contributed by atoms with Crippen LogP contribution in [0.1, 0.15) is 35.8 Å². The summed E-state index contributed by atoms with van der Waals surface area (Å²) in [5, 5.41) is 3.00. The lowest BCUT2D eigenvalue weighted by molar-refractivity contribution is 0.102. The van der Waals surface area contributed by atoms with Crippen molar-refractivity contribution in [1.29, 1.82) is 0 Å². The average molecular weight is 279 g/mol. The van der Waals surface area contributed by atoms with E-state index in [0.717, 1.165) is 16.9 Å². The van der Waals surface area contributed by atoms with E-state index in [2.05, 4.69) is 24.1 Å². The maximum absolute atomic E-state index is 12.5. The molecule has 0 bridgehead atoms. The van der Waals surface area contributed by atoms with Crippen LogP contribution in [0.3, 0.4) is 0 Å². The number of hydrogen-bond donors (Lipinski definition) is 1. The van der Waals surface area contributed by atoms with Crippen LogP contribution in [0.15, 0.2) is 54.9 Å². The highest BCUT2D eigenvalue weighted by molar-refractivity contribution is 6.03. The molecule has 21 heavy (non-hydrogen) atoms. The SMILES string of the molecule is CC(C)c1ccccc1NC(=O)c1cccc2nccn12. The fraction of sp³-hybridized carbons (Fsp3) is 0.176. The second-order valence-electron chi connectivity index (χ2n) is 5.26. The molecule has 0 aliphatic carbocycles. The average Bonchev–Trinajstić information content (AvgIpc) is 2.95. The maximum Gasteiger partial charge on any atom is 0.272 e. The van der Waals surface area contributed by atoms with Crippen molar-refractivity contribution in [2.75, 3.05) is 5.32 Å². The summed E-state index contributed by atoms with van der Waals surface area (Å²) >= 11 is 0. The fourth-order valence-corrected chi connectivity index (χ4v) is 2.43. The number of para-hydroxylation sites is 1. The molecule has 1 N–H and O–H groups in total. The number of aromatic nitrogens is 2. The lowest BCUT2D eigenvalue weighted by atomic mass is 10.0. The fourth-order valence-electron chi connectivity index (χ4n) is 2.43. The number of nitrogens with one attached hydrogen (secondary N) is 1. The van der Waals surface area contributed by atoms with Crippen molar-refractivity contribution in [3.8, 4) is 0 Å². The molecule has 0 saturated heterocycles. The number of amides is 1. The Morgan fingerprint density at radius 1 is 1.14 bits per heavy atom. The Hall–Kier alpha value is -2.62. The number of carbonyl (C=O) groups excluding carboxylic acids is 1. The molecule has 2 aromatic heterocycles. The van der Waals surface area contributed by atoms with Gasteiger partial charge in [0.05, 0.1) is 0 Å². The summed E-state index contributed by atoms with van der Waals surface area (Å²) in [5.41, 5.74) is 3.32. The third-order valence-electron chi connectivity index (χ3n) is 3.49. The van der Waals surface area contributed by atoms with Gasteiger partial charge in [0.15, 0.2) is 0 Å². The van der Waals surface area contributed by atoms with Crippen molar-refractivity contribution in [3.63, 3.8) is 0 Å². The molecule has 0 spiro atoms. The summed E-state index contributed by atoms with van der Waals surface area (Å²) in [6, 6.07) is 13.4. The van der Waals surface area contributed by atoms with Gasteiger partial charge in [-0.1, -0.05) is 38.1 Å². The molecule has 0 aliphatic heterocycles. The zero-order valence-electron chi connectivity index (χ0n) is 12.1. The summed E-state index contributed by atoms with van der Waals surface area (Å²) < 4.78 is 1.79. The third kappa shape index (κ3) is 2.52. The van der Waals surface area contributed by atoms with Crippen LogP contribution in [0.2, 0.25) is 0 Å². The summed E-state index contributed by atoms with van der Waals surface area (Å²) in [6.07, 6.45) is 3.48. The van der Waals surface area contributed by atoms with Gasteiger partial charge in [0.1, 0.15) is 11.3 Å². The zero-order valence-corrected chi connectivity index (χ0v) is 12.1. The van der Waals surface area contributed by atoms with Crippen molar-refractivity contribution < 1.29 is 4.79 Å². The monoisotopic (exact) mass is 279 g/mol. The van der Waals surface area contributed by atoms with E-state index in [1.54, 1.807) is 22.9 Å². The molecule has 3 aromatic rings. The predicted octanol–water partition coefficient (Wildman–Crippen LogP) is 3.71. The molecule has 0 aliphatic rings. The van der Waals surface area contributed by atoms with Crippen molar-refractivity contribution in [3.05, 3.63) is 66.1 Å². The van der Waals surface area contributed by atoms with Crippen LogP contribution in [-0.2, 0) is 0 Å². The van der Waals surface area contributed by atoms with Crippen LogP contribution in [0.5, 0.6) is 0 Å². The van der Waals surface area contributed by atoms with Crippen molar-refractivity contribution in [2.45, 2.75) is 19.8 Å². The van der Waals surface area contributed by atoms with E-state index in [-0.39, 0.29) is 5.91 Å². The number of benzene rings is 1.